The second-order valence-corrected chi connectivity index (χ2v) is 9.95. The molecule has 33 heavy (non-hydrogen) atoms. The van der Waals surface area contributed by atoms with Crippen molar-refractivity contribution >= 4 is 34.3 Å². The van der Waals surface area contributed by atoms with Crippen molar-refractivity contribution in [1.29, 1.82) is 0 Å². The fourth-order valence-corrected chi connectivity index (χ4v) is 4.26. The minimum atomic E-state index is -0.497. The molecule has 0 fully saturated rings. The van der Waals surface area contributed by atoms with Crippen LogP contribution in [0.5, 0.6) is 11.5 Å². The van der Waals surface area contributed by atoms with Gasteiger partial charge in [-0.15, -0.1) is 0 Å². The van der Waals surface area contributed by atoms with E-state index in [1.54, 1.807) is 14.2 Å². The van der Waals surface area contributed by atoms with Crippen LogP contribution in [-0.2, 0) is 11.3 Å². The largest absolute Gasteiger partial charge is 0.493 e. The van der Waals surface area contributed by atoms with Gasteiger partial charge in [-0.1, -0.05) is 51.6 Å². The number of benzene rings is 2. The van der Waals surface area contributed by atoms with Crippen molar-refractivity contribution in [3.05, 3.63) is 53.6 Å². The summed E-state index contributed by atoms with van der Waals surface area (Å²) in [6, 6.07) is 13.2. The van der Waals surface area contributed by atoms with E-state index in [-0.39, 0.29) is 16.4 Å². The highest BCUT2D eigenvalue weighted by Crippen LogP contribution is 2.33. The lowest BCUT2D eigenvalue weighted by Gasteiger charge is -2.28. The quantitative estimate of drug-likeness (QED) is 0.576. The monoisotopic (exact) mass is 469 g/mol. The number of methoxy groups -OCH3 is 2. The first-order valence-electron chi connectivity index (χ1n) is 10.9. The van der Waals surface area contributed by atoms with Crippen LogP contribution in [-0.4, -0.2) is 41.3 Å². The molecule has 1 N–H and O–H groups in total. The lowest BCUT2D eigenvalue weighted by Crippen LogP contribution is -2.34. The second-order valence-electron chi connectivity index (χ2n) is 8.80. The molecule has 0 radical (unpaired) electrons. The molecule has 2 aromatic carbocycles. The molecule has 1 aliphatic rings. The molecule has 0 aliphatic carbocycles. The first kappa shape index (κ1) is 24.6. The van der Waals surface area contributed by atoms with Crippen LogP contribution in [0, 0.1) is 5.41 Å². The van der Waals surface area contributed by atoms with Gasteiger partial charge in [-0.2, -0.15) is 5.10 Å². The maximum absolute atomic E-state index is 12.8. The van der Waals surface area contributed by atoms with Crippen LogP contribution in [0.25, 0.3) is 0 Å². The van der Waals surface area contributed by atoms with Crippen LogP contribution in [0.3, 0.4) is 0 Å². The molecular weight excluding hydrogens is 438 g/mol. The summed E-state index contributed by atoms with van der Waals surface area (Å²) in [5.41, 5.74) is 2.78. The number of amides is 2. The molecule has 3 rings (SSSR count). The van der Waals surface area contributed by atoms with E-state index in [4.69, 9.17) is 14.6 Å². The van der Waals surface area contributed by atoms with E-state index in [0.29, 0.717) is 23.7 Å². The van der Waals surface area contributed by atoms with Crippen molar-refractivity contribution < 1.29 is 19.1 Å². The van der Waals surface area contributed by atoms with Gasteiger partial charge in [0.15, 0.2) is 11.5 Å². The summed E-state index contributed by atoms with van der Waals surface area (Å²) in [5, 5.41) is 9.00. The summed E-state index contributed by atoms with van der Waals surface area (Å²) < 4.78 is 10.8. The minimum Gasteiger partial charge on any atom is -0.493 e. The summed E-state index contributed by atoms with van der Waals surface area (Å²) in [4.78, 5) is 25.2. The van der Waals surface area contributed by atoms with E-state index in [0.717, 1.165) is 23.3 Å². The topological polar surface area (TPSA) is 80.2 Å². The van der Waals surface area contributed by atoms with Crippen molar-refractivity contribution in [1.82, 2.24) is 5.01 Å². The van der Waals surface area contributed by atoms with Crippen molar-refractivity contribution in [2.24, 2.45) is 10.5 Å². The van der Waals surface area contributed by atoms with Crippen LogP contribution in [0.2, 0.25) is 0 Å². The Morgan fingerprint density at radius 1 is 1.12 bits per heavy atom. The zero-order valence-electron chi connectivity index (χ0n) is 20.0. The standard InChI is InChI=1S/C25H31N3O4S/c1-7-21-22(17-11-12-19(31-5)20(14-17)32-6)27-28(24(30)33-21)15-16-9-8-10-18(13-16)26-23(29)25(2,3)4/h8-14,21H,7,15H2,1-6H3,(H,26,29). The van der Waals surface area contributed by atoms with E-state index in [9.17, 15) is 9.59 Å². The third-order valence-corrected chi connectivity index (χ3v) is 6.49. The highest BCUT2D eigenvalue weighted by Gasteiger charge is 2.31. The first-order valence-corrected chi connectivity index (χ1v) is 11.7. The Kier molecular flexibility index (Phi) is 7.68. The number of carbonyl (C=O) groups is 2. The van der Waals surface area contributed by atoms with Crippen molar-refractivity contribution in [3.8, 4) is 11.5 Å². The molecule has 1 aliphatic heterocycles. The lowest BCUT2D eigenvalue weighted by atomic mass is 9.95. The van der Waals surface area contributed by atoms with Crippen LogP contribution in [0.15, 0.2) is 47.6 Å². The number of hydrogen-bond donors (Lipinski definition) is 1. The second kappa shape index (κ2) is 10.3. The molecule has 1 unspecified atom stereocenters. The first-order chi connectivity index (χ1) is 15.7. The number of thioether (sulfide) groups is 1. The molecule has 0 bridgehead atoms. The molecule has 0 aromatic heterocycles. The summed E-state index contributed by atoms with van der Waals surface area (Å²) >= 11 is 1.27. The number of hydrazone groups is 1. The van der Waals surface area contributed by atoms with Gasteiger partial charge >= 0.3 is 5.24 Å². The zero-order chi connectivity index (χ0) is 24.2. The number of nitrogens with one attached hydrogen (secondary N) is 1. The molecule has 176 valence electrons. The van der Waals surface area contributed by atoms with Gasteiger partial charge in [0.2, 0.25) is 5.91 Å². The maximum atomic E-state index is 12.8. The fourth-order valence-electron chi connectivity index (χ4n) is 3.33. The molecular formula is C25H31N3O4S. The van der Waals surface area contributed by atoms with Crippen LogP contribution in [0.4, 0.5) is 10.5 Å². The summed E-state index contributed by atoms with van der Waals surface area (Å²) in [5.74, 6) is 1.19. The van der Waals surface area contributed by atoms with Gasteiger partial charge in [-0.05, 0) is 42.3 Å². The van der Waals surface area contributed by atoms with E-state index >= 15 is 0 Å². The number of rotatable bonds is 7. The van der Waals surface area contributed by atoms with E-state index in [1.165, 1.54) is 16.8 Å². The Bertz CT molecular complexity index is 1060. The summed E-state index contributed by atoms with van der Waals surface area (Å²) in [6.45, 7) is 7.94. The molecule has 0 spiro atoms. The summed E-state index contributed by atoms with van der Waals surface area (Å²) in [6.07, 6.45) is 0.770. The lowest BCUT2D eigenvalue weighted by molar-refractivity contribution is -0.123. The third-order valence-electron chi connectivity index (χ3n) is 5.24. The molecule has 0 saturated carbocycles. The van der Waals surface area contributed by atoms with Crippen molar-refractivity contribution in [3.63, 3.8) is 0 Å². The van der Waals surface area contributed by atoms with Gasteiger partial charge in [0.25, 0.3) is 0 Å². The average Bonchev–Trinajstić information content (AvgIpc) is 2.79. The van der Waals surface area contributed by atoms with Crippen LogP contribution < -0.4 is 14.8 Å². The smallest absolute Gasteiger partial charge is 0.302 e. The molecule has 0 saturated heterocycles. The number of hydrogen-bond acceptors (Lipinski definition) is 6. The SMILES string of the molecule is CCC1SC(=O)N(Cc2cccc(NC(=O)C(C)(C)C)c2)N=C1c1ccc(OC)c(OC)c1. The Hall–Kier alpha value is -3.00. The fraction of sp³-hybridized carbons (Fsp3) is 0.400. The van der Waals surface area contributed by atoms with Gasteiger partial charge in [0, 0.05) is 16.7 Å². The minimum absolute atomic E-state index is 0.0516. The molecule has 2 aromatic rings. The Labute approximate surface area is 199 Å². The van der Waals surface area contributed by atoms with Crippen molar-refractivity contribution in [2.75, 3.05) is 19.5 Å². The third kappa shape index (κ3) is 5.87. The molecule has 1 heterocycles. The highest BCUT2D eigenvalue weighted by atomic mass is 32.2. The Morgan fingerprint density at radius 3 is 2.48 bits per heavy atom. The summed E-state index contributed by atoms with van der Waals surface area (Å²) in [7, 11) is 3.19. The molecule has 1 atom stereocenters. The van der Waals surface area contributed by atoms with Gasteiger partial charge in [0.05, 0.1) is 31.7 Å². The molecule has 7 nitrogen and oxygen atoms in total. The van der Waals surface area contributed by atoms with E-state index < -0.39 is 5.41 Å². The van der Waals surface area contributed by atoms with Crippen LogP contribution >= 0.6 is 11.8 Å². The number of carbonyl (C=O) groups excluding carboxylic acids is 2. The number of anilines is 1. The van der Waals surface area contributed by atoms with Gasteiger partial charge in [-0.25, -0.2) is 5.01 Å². The van der Waals surface area contributed by atoms with E-state index in [1.807, 2.05) is 70.2 Å². The van der Waals surface area contributed by atoms with Gasteiger partial charge < -0.3 is 14.8 Å². The average molecular weight is 470 g/mol. The Morgan fingerprint density at radius 2 is 1.85 bits per heavy atom. The van der Waals surface area contributed by atoms with E-state index in [2.05, 4.69) is 5.32 Å². The molecule has 8 heteroatoms. The predicted octanol–water partition coefficient (Wildman–Crippen LogP) is 5.54. The highest BCUT2D eigenvalue weighted by molar-refractivity contribution is 8.14. The van der Waals surface area contributed by atoms with Gasteiger partial charge in [-0.3, -0.25) is 9.59 Å². The number of ether oxygens (including phenoxy) is 2. The predicted molar refractivity (Wildman–Crippen MR) is 133 cm³/mol. The molecule has 2 amide bonds. The maximum Gasteiger partial charge on any atom is 0.302 e. The van der Waals surface area contributed by atoms with Gasteiger partial charge in [0.1, 0.15) is 0 Å². The number of nitrogens with zero attached hydrogens (tertiary/aromatic N) is 2. The van der Waals surface area contributed by atoms with Crippen molar-refractivity contribution in [2.45, 2.75) is 45.9 Å². The Balaban J connectivity index is 1.88. The normalized spacial score (nSPS) is 16.3. The zero-order valence-corrected chi connectivity index (χ0v) is 20.8. The van der Waals surface area contributed by atoms with Crippen LogP contribution in [0.1, 0.15) is 45.2 Å².